The molecule has 0 bridgehead atoms. The lowest BCUT2D eigenvalue weighted by molar-refractivity contribution is 0.127. The largest absolute Gasteiger partial charge is 0.389 e. The highest BCUT2D eigenvalue weighted by Crippen LogP contribution is 2.23. The molecule has 2 heterocycles. The molecule has 2 N–H and O–H groups in total. The van der Waals surface area contributed by atoms with Crippen LogP contribution in [0.15, 0.2) is 4.99 Å². The number of aliphatic hydroxyl groups is 1. The third-order valence-corrected chi connectivity index (χ3v) is 3.36. The van der Waals surface area contributed by atoms with Gasteiger partial charge in [-0.2, -0.15) is 0 Å². The number of nitrogens with one attached hydrogen (secondary N) is 1. The number of rotatable bonds is 1. The second-order valence-electron chi connectivity index (χ2n) is 3.45. The SMILES string of the molecule is CC1CN=C(SC2COCC2O)N1. The summed E-state index contributed by atoms with van der Waals surface area (Å²) in [6.07, 6.45) is -0.342. The summed E-state index contributed by atoms with van der Waals surface area (Å²) in [5.41, 5.74) is 0. The summed E-state index contributed by atoms with van der Waals surface area (Å²) >= 11 is 1.59. The molecule has 0 amide bonds. The average molecular weight is 202 g/mol. The van der Waals surface area contributed by atoms with Crippen LogP contribution in [0.5, 0.6) is 0 Å². The van der Waals surface area contributed by atoms with Gasteiger partial charge in [0.25, 0.3) is 0 Å². The highest BCUT2D eigenvalue weighted by atomic mass is 32.2. The van der Waals surface area contributed by atoms with Gasteiger partial charge in [-0.15, -0.1) is 0 Å². The van der Waals surface area contributed by atoms with E-state index in [1.165, 1.54) is 0 Å². The van der Waals surface area contributed by atoms with Gasteiger partial charge in [-0.25, -0.2) is 0 Å². The number of hydrogen-bond acceptors (Lipinski definition) is 5. The van der Waals surface area contributed by atoms with Gasteiger partial charge in [-0.1, -0.05) is 11.8 Å². The second-order valence-corrected chi connectivity index (χ2v) is 4.68. The van der Waals surface area contributed by atoms with Crippen molar-refractivity contribution < 1.29 is 9.84 Å². The summed E-state index contributed by atoms with van der Waals surface area (Å²) in [6, 6.07) is 0.432. The van der Waals surface area contributed by atoms with Crippen LogP contribution >= 0.6 is 11.8 Å². The number of nitrogens with zero attached hydrogens (tertiary/aromatic N) is 1. The Morgan fingerprint density at radius 3 is 3.00 bits per heavy atom. The van der Waals surface area contributed by atoms with E-state index in [-0.39, 0.29) is 11.4 Å². The lowest BCUT2D eigenvalue weighted by Gasteiger charge is -2.12. The molecule has 2 aliphatic heterocycles. The van der Waals surface area contributed by atoms with E-state index in [1.54, 1.807) is 11.8 Å². The standard InChI is InChI=1S/C8H14N2O2S/c1-5-2-9-8(10-5)13-7-4-12-3-6(7)11/h5-7,11H,2-4H2,1H3,(H,9,10). The lowest BCUT2D eigenvalue weighted by atomic mass is 10.3. The first-order chi connectivity index (χ1) is 6.25. The first kappa shape index (κ1) is 9.30. The Kier molecular flexibility index (Phi) is 2.76. The van der Waals surface area contributed by atoms with Crippen LogP contribution in [-0.4, -0.2) is 47.4 Å². The fraction of sp³-hybridized carbons (Fsp3) is 0.875. The maximum Gasteiger partial charge on any atom is 0.157 e. The van der Waals surface area contributed by atoms with Gasteiger partial charge in [0.1, 0.15) is 0 Å². The molecule has 13 heavy (non-hydrogen) atoms. The zero-order valence-corrected chi connectivity index (χ0v) is 8.38. The van der Waals surface area contributed by atoms with Gasteiger partial charge in [0.05, 0.1) is 31.1 Å². The van der Waals surface area contributed by atoms with Crippen molar-refractivity contribution in [1.82, 2.24) is 5.32 Å². The minimum atomic E-state index is -0.342. The van der Waals surface area contributed by atoms with Crippen molar-refractivity contribution in [3.05, 3.63) is 0 Å². The molecular weight excluding hydrogens is 188 g/mol. The number of aliphatic imine (C=N–C) groups is 1. The molecular formula is C8H14N2O2S. The quantitative estimate of drug-likeness (QED) is 0.620. The summed E-state index contributed by atoms with van der Waals surface area (Å²) in [5, 5.41) is 13.8. The maximum atomic E-state index is 9.49. The predicted octanol–water partition coefficient (Wildman–Crippen LogP) is -0.173. The molecule has 0 saturated carbocycles. The Labute approximate surface area is 81.8 Å². The molecule has 0 radical (unpaired) electrons. The maximum absolute atomic E-state index is 9.49. The Morgan fingerprint density at radius 2 is 2.46 bits per heavy atom. The normalized spacial score (nSPS) is 38.9. The van der Waals surface area contributed by atoms with E-state index in [4.69, 9.17) is 4.74 Å². The molecule has 0 aromatic rings. The van der Waals surface area contributed by atoms with E-state index in [0.29, 0.717) is 19.3 Å². The minimum Gasteiger partial charge on any atom is -0.389 e. The van der Waals surface area contributed by atoms with Crippen molar-refractivity contribution in [2.45, 2.75) is 24.3 Å². The van der Waals surface area contributed by atoms with Gasteiger partial charge >= 0.3 is 0 Å². The van der Waals surface area contributed by atoms with Gasteiger partial charge in [-0.3, -0.25) is 4.99 Å². The van der Waals surface area contributed by atoms with Gasteiger partial charge < -0.3 is 15.2 Å². The van der Waals surface area contributed by atoms with Crippen LogP contribution in [0.1, 0.15) is 6.92 Å². The molecule has 0 aliphatic carbocycles. The topological polar surface area (TPSA) is 53.9 Å². The van der Waals surface area contributed by atoms with E-state index in [0.717, 1.165) is 11.7 Å². The summed E-state index contributed by atoms with van der Waals surface area (Å²) in [6.45, 7) is 4.02. The Hall–Kier alpha value is -0.260. The lowest BCUT2D eigenvalue weighted by Crippen LogP contribution is -2.29. The first-order valence-electron chi connectivity index (χ1n) is 4.49. The highest BCUT2D eigenvalue weighted by Gasteiger charge is 2.29. The van der Waals surface area contributed by atoms with Crippen LogP contribution in [0.2, 0.25) is 0 Å². The summed E-state index contributed by atoms with van der Waals surface area (Å²) in [5.74, 6) is 0. The Balaban J connectivity index is 1.84. The summed E-state index contributed by atoms with van der Waals surface area (Å²) < 4.78 is 5.15. The number of thioether (sulfide) groups is 1. The molecule has 4 nitrogen and oxygen atoms in total. The molecule has 3 unspecified atom stereocenters. The fourth-order valence-corrected chi connectivity index (χ4v) is 2.48. The van der Waals surface area contributed by atoms with Crippen LogP contribution in [0.3, 0.4) is 0 Å². The number of hydrogen-bond donors (Lipinski definition) is 2. The second kappa shape index (κ2) is 3.86. The van der Waals surface area contributed by atoms with Crippen LogP contribution < -0.4 is 5.32 Å². The fourth-order valence-electron chi connectivity index (χ4n) is 1.37. The number of aliphatic hydroxyl groups excluding tert-OH is 1. The van der Waals surface area contributed by atoms with Crippen molar-refractivity contribution in [1.29, 1.82) is 0 Å². The third kappa shape index (κ3) is 2.15. The molecule has 3 atom stereocenters. The summed E-state index contributed by atoms with van der Waals surface area (Å²) in [7, 11) is 0. The zero-order chi connectivity index (χ0) is 9.26. The van der Waals surface area contributed by atoms with E-state index in [1.807, 2.05) is 0 Å². The van der Waals surface area contributed by atoms with Crippen molar-refractivity contribution in [3.63, 3.8) is 0 Å². The van der Waals surface area contributed by atoms with Crippen molar-refractivity contribution in [3.8, 4) is 0 Å². The average Bonchev–Trinajstić information content (AvgIpc) is 2.64. The monoisotopic (exact) mass is 202 g/mol. The van der Waals surface area contributed by atoms with Gasteiger partial charge in [0, 0.05) is 6.04 Å². The van der Waals surface area contributed by atoms with Crippen LogP contribution in [0, 0.1) is 0 Å². The van der Waals surface area contributed by atoms with Crippen LogP contribution in [0.4, 0.5) is 0 Å². The Bertz CT molecular complexity index is 222. The molecule has 5 heteroatoms. The molecule has 2 rings (SSSR count). The van der Waals surface area contributed by atoms with Crippen LogP contribution in [0.25, 0.3) is 0 Å². The van der Waals surface area contributed by atoms with E-state index in [2.05, 4.69) is 17.2 Å². The molecule has 0 spiro atoms. The predicted molar refractivity (Wildman–Crippen MR) is 53.1 cm³/mol. The van der Waals surface area contributed by atoms with E-state index in [9.17, 15) is 5.11 Å². The van der Waals surface area contributed by atoms with Crippen molar-refractivity contribution in [2.24, 2.45) is 4.99 Å². The molecule has 0 aromatic carbocycles. The zero-order valence-electron chi connectivity index (χ0n) is 7.56. The van der Waals surface area contributed by atoms with Crippen LogP contribution in [-0.2, 0) is 4.74 Å². The van der Waals surface area contributed by atoms with E-state index >= 15 is 0 Å². The third-order valence-electron chi connectivity index (χ3n) is 2.14. The number of amidine groups is 1. The highest BCUT2D eigenvalue weighted by molar-refractivity contribution is 8.14. The van der Waals surface area contributed by atoms with Gasteiger partial charge in [0.15, 0.2) is 5.17 Å². The minimum absolute atomic E-state index is 0.150. The first-order valence-corrected chi connectivity index (χ1v) is 5.37. The van der Waals surface area contributed by atoms with E-state index < -0.39 is 0 Å². The molecule has 0 aromatic heterocycles. The smallest absolute Gasteiger partial charge is 0.157 e. The Morgan fingerprint density at radius 1 is 1.62 bits per heavy atom. The summed E-state index contributed by atoms with van der Waals surface area (Å²) in [4.78, 5) is 4.32. The van der Waals surface area contributed by atoms with Gasteiger partial charge in [-0.05, 0) is 6.92 Å². The molecule has 2 aliphatic rings. The van der Waals surface area contributed by atoms with Crippen molar-refractivity contribution >= 4 is 16.9 Å². The van der Waals surface area contributed by atoms with Crippen molar-refractivity contribution in [2.75, 3.05) is 19.8 Å². The molecule has 74 valence electrons. The molecule has 1 fully saturated rings. The van der Waals surface area contributed by atoms with Gasteiger partial charge in [0.2, 0.25) is 0 Å². The number of ether oxygens (including phenoxy) is 1. The molecule has 1 saturated heterocycles.